The third kappa shape index (κ3) is 3.20. The highest BCUT2D eigenvalue weighted by Crippen LogP contribution is 2.22. The van der Waals surface area contributed by atoms with E-state index < -0.39 is 0 Å². The molecule has 0 unspecified atom stereocenters. The minimum atomic E-state index is -0.0324. The van der Waals surface area contributed by atoms with E-state index in [1.807, 2.05) is 18.0 Å². The Morgan fingerprint density at radius 1 is 1.15 bits per heavy atom. The highest BCUT2D eigenvalue weighted by molar-refractivity contribution is 5.92. The van der Waals surface area contributed by atoms with Crippen molar-refractivity contribution in [1.29, 1.82) is 0 Å². The Morgan fingerprint density at radius 2 is 1.85 bits per heavy atom. The number of amides is 1. The van der Waals surface area contributed by atoms with Gasteiger partial charge in [0.15, 0.2) is 0 Å². The van der Waals surface area contributed by atoms with Crippen LogP contribution in [0, 0.1) is 0 Å². The summed E-state index contributed by atoms with van der Waals surface area (Å²) in [4.78, 5) is 16.9. The molecule has 5 heteroatoms. The molecule has 0 radical (unpaired) electrons. The summed E-state index contributed by atoms with van der Waals surface area (Å²) in [7, 11) is 3.96. The molecule has 1 amide bonds. The molecule has 1 aromatic heterocycles. The first kappa shape index (κ1) is 15.0. The number of hydrogen-bond donors (Lipinski definition) is 0. The van der Waals surface area contributed by atoms with E-state index in [4.69, 9.17) is 0 Å². The molecule has 0 spiro atoms. The number of aromatic nitrogens is 2. The summed E-state index contributed by atoms with van der Waals surface area (Å²) in [5.41, 5.74) is 1.63. The molecular formula is C15H26N4O. The molecule has 1 aromatic rings. The zero-order valence-electron chi connectivity index (χ0n) is 13.3. The van der Waals surface area contributed by atoms with Crippen molar-refractivity contribution in [1.82, 2.24) is 19.6 Å². The maximum Gasteiger partial charge on any atom is 0.272 e. The van der Waals surface area contributed by atoms with Gasteiger partial charge in [-0.25, -0.2) is 0 Å². The third-order valence-corrected chi connectivity index (χ3v) is 3.87. The lowest BCUT2D eigenvalue weighted by molar-refractivity contribution is 0.0752. The van der Waals surface area contributed by atoms with Crippen LogP contribution in [0.5, 0.6) is 0 Å². The largest absolute Gasteiger partial charge is 0.336 e. The molecule has 20 heavy (non-hydrogen) atoms. The van der Waals surface area contributed by atoms with Gasteiger partial charge >= 0.3 is 0 Å². The van der Waals surface area contributed by atoms with Crippen LogP contribution in [-0.4, -0.2) is 58.7 Å². The Bertz CT molecular complexity index is 487. The number of likely N-dealkylation sites (N-methyl/N-ethyl adjacent to an activating group) is 1. The maximum absolute atomic E-state index is 12.7. The van der Waals surface area contributed by atoms with Gasteiger partial charge in [0.05, 0.1) is 5.69 Å². The Labute approximate surface area is 121 Å². The summed E-state index contributed by atoms with van der Waals surface area (Å²) in [5.74, 6) is 0.103. The molecule has 0 saturated carbocycles. The highest BCUT2D eigenvalue weighted by atomic mass is 16.2. The number of aryl methyl sites for hydroxylation is 1. The van der Waals surface area contributed by atoms with E-state index in [-0.39, 0.29) is 11.3 Å². The molecule has 0 N–H and O–H groups in total. The third-order valence-electron chi connectivity index (χ3n) is 3.87. The van der Waals surface area contributed by atoms with Crippen molar-refractivity contribution >= 4 is 5.91 Å². The van der Waals surface area contributed by atoms with Crippen LogP contribution in [0.3, 0.4) is 0 Å². The first-order chi connectivity index (χ1) is 9.29. The molecule has 1 aliphatic heterocycles. The summed E-state index contributed by atoms with van der Waals surface area (Å²) in [5, 5.41) is 4.49. The van der Waals surface area contributed by atoms with Crippen LogP contribution in [0.1, 0.15) is 43.4 Å². The normalized spacial score (nSPS) is 18.1. The van der Waals surface area contributed by atoms with E-state index in [0.717, 1.165) is 38.3 Å². The van der Waals surface area contributed by atoms with Crippen molar-refractivity contribution < 1.29 is 4.79 Å². The zero-order valence-corrected chi connectivity index (χ0v) is 13.3. The van der Waals surface area contributed by atoms with Crippen LogP contribution in [0.2, 0.25) is 0 Å². The molecule has 0 aliphatic carbocycles. The average Bonchev–Trinajstić information content (AvgIpc) is 2.61. The summed E-state index contributed by atoms with van der Waals surface area (Å²) in [6.45, 7) is 9.97. The van der Waals surface area contributed by atoms with E-state index in [9.17, 15) is 4.79 Å². The van der Waals surface area contributed by atoms with Gasteiger partial charge in [-0.15, -0.1) is 0 Å². The molecule has 1 saturated heterocycles. The van der Waals surface area contributed by atoms with Crippen molar-refractivity contribution in [2.75, 3.05) is 33.2 Å². The fraction of sp³-hybridized carbons (Fsp3) is 0.733. The van der Waals surface area contributed by atoms with E-state index in [0.29, 0.717) is 5.69 Å². The van der Waals surface area contributed by atoms with E-state index >= 15 is 0 Å². The second kappa shape index (κ2) is 5.56. The van der Waals surface area contributed by atoms with Gasteiger partial charge in [0, 0.05) is 32.1 Å². The van der Waals surface area contributed by atoms with Crippen LogP contribution in [-0.2, 0) is 12.5 Å². The lowest BCUT2D eigenvalue weighted by Gasteiger charge is -2.20. The van der Waals surface area contributed by atoms with Crippen LogP contribution in [0.25, 0.3) is 0 Å². The molecule has 5 nitrogen and oxygen atoms in total. The highest BCUT2D eigenvalue weighted by Gasteiger charge is 2.25. The quantitative estimate of drug-likeness (QED) is 0.781. The smallest absolute Gasteiger partial charge is 0.272 e. The van der Waals surface area contributed by atoms with Crippen molar-refractivity contribution in [3.05, 3.63) is 17.5 Å². The first-order valence-electron chi connectivity index (χ1n) is 7.31. The monoisotopic (exact) mass is 278 g/mol. The molecule has 112 valence electrons. The van der Waals surface area contributed by atoms with Gasteiger partial charge in [-0.2, -0.15) is 5.10 Å². The van der Waals surface area contributed by atoms with Crippen LogP contribution in [0.4, 0.5) is 0 Å². The number of carbonyl (C=O) groups excluding carboxylic acids is 1. The Balaban J connectivity index is 2.18. The minimum Gasteiger partial charge on any atom is -0.336 e. The molecule has 1 fully saturated rings. The lowest BCUT2D eigenvalue weighted by Crippen LogP contribution is -2.35. The Morgan fingerprint density at radius 3 is 2.45 bits per heavy atom. The van der Waals surface area contributed by atoms with Gasteiger partial charge in [-0.3, -0.25) is 9.48 Å². The van der Waals surface area contributed by atoms with Crippen LogP contribution < -0.4 is 0 Å². The van der Waals surface area contributed by atoms with Crippen molar-refractivity contribution in [2.24, 2.45) is 7.05 Å². The fourth-order valence-corrected chi connectivity index (χ4v) is 2.45. The molecular weight excluding hydrogens is 252 g/mol. The molecule has 2 heterocycles. The first-order valence-corrected chi connectivity index (χ1v) is 7.31. The molecule has 0 atom stereocenters. The van der Waals surface area contributed by atoms with Crippen LogP contribution in [0.15, 0.2) is 6.07 Å². The predicted octanol–water partition coefficient (Wildman–Crippen LogP) is 1.50. The van der Waals surface area contributed by atoms with Gasteiger partial charge in [-0.1, -0.05) is 20.8 Å². The summed E-state index contributed by atoms with van der Waals surface area (Å²) >= 11 is 0. The fourth-order valence-electron chi connectivity index (χ4n) is 2.45. The van der Waals surface area contributed by atoms with Gasteiger partial charge in [-0.05, 0) is 26.1 Å². The van der Waals surface area contributed by atoms with Gasteiger partial charge in [0.1, 0.15) is 5.69 Å². The van der Waals surface area contributed by atoms with Crippen molar-refractivity contribution in [2.45, 2.75) is 32.6 Å². The number of nitrogens with zero attached hydrogens (tertiary/aromatic N) is 4. The van der Waals surface area contributed by atoms with Gasteiger partial charge < -0.3 is 9.80 Å². The van der Waals surface area contributed by atoms with Crippen molar-refractivity contribution in [3.8, 4) is 0 Å². The van der Waals surface area contributed by atoms with Gasteiger partial charge in [0.25, 0.3) is 5.91 Å². The molecule has 1 aliphatic rings. The van der Waals surface area contributed by atoms with E-state index in [1.165, 1.54) is 0 Å². The SMILES string of the molecule is CN1CCCN(C(=O)c2cc(C(C)(C)C)nn2C)CC1. The summed E-state index contributed by atoms with van der Waals surface area (Å²) in [6, 6.07) is 1.94. The number of rotatable bonds is 1. The Hall–Kier alpha value is -1.36. The topological polar surface area (TPSA) is 41.4 Å². The zero-order chi connectivity index (χ0) is 14.9. The van der Waals surface area contributed by atoms with Crippen LogP contribution >= 0.6 is 0 Å². The van der Waals surface area contributed by atoms with E-state index in [2.05, 4.69) is 37.8 Å². The summed E-state index contributed by atoms with van der Waals surface area (Å²) < 4.78 is 1.72. The standard InChI is InChI=1S/C15H26N4O/c1-15(2,3)13-11-12(18(5)16-13)14(20)19-8-6-7-17(4)9-10-19/h11H,6-10H2,1-5H3. The minimum absolute atomic E-state index is 0.0324. The number of hydrogen-bond acceptors (Lipinski definition) is 3. The van der Waals surface area contributed by atoms with E-state index in [1.54, 1.807) is 4.68 Å². The molecule has 0 bridgehead atoms. The molecule has 0 aromatic carbocycles. The second-order valence-electron chi connectivity index (χ2n) is 6.74. The predicted molar refractivity (Wildman–Crippen MR) is 79.9 cm³/mol. The second-order valence-corrected chi connectivity index (χ2v) is 6.74. The average molecular weight is 278 g/mol. The lowest BCUT2D eigenvalue weighted by atomic mass is 9.92. The van der Waals surface area contributed by atoms with Gasteiger partial charge in [0.2, 0.25) is 0 Å². The maximum atomic E-state index is 12.7. The summed E-state index contributed by atoms with van der Waals surface area (Å²) in [6.07, 6.45) is 1.03. The Kier molecular flexibility index (Phi) is 4.18. The molecule has 2 rings (SSSR count). The van der Waals surface area contributed by atoms with Crippen molar-refractivity contribution in [3.63, 3.8) is 0 Å². The number of carbonyl (C=O) groups is 1.